The molecule has 0 heterocycles. The third-order valence-corrected chi connectivity index (χ3v) is 5.01. The number of rotatable bonds is 6. The van der Waals surface area contributed by atoms with Crippen LogP contribution in [0.15, 0.2) is 23.3 Å². The number of benzene rings is 1. The van der Waals surface area contributed by atoms with Gasteiger partial charge in [-0.3, -0.25) is 4.79 Å². The first-order valence-corrected chi connectivity index (χ1v) is 8.74. The lowest BCUT2D eigenvalue weighted by atomic mass is 9.99. The number of fused-ring (bicyclic) bond motifs is 2. The Morgan fingerprint density at radius 2 is 2.30 bits per heavy atom. The number of aryl methyl sites for hydroxylation is 1. The Morgan fingerprint density at radius 1 is 1.43 bits per heavy atom. The number of carbonyl (C=O) groups is 1. The summed E-state index contributed by atoms with van der Waals surface area (Å²) in [5.74, 6) is 2.22. The standard InChI is InChI=1S/C18H23ClN2O2/c1-12-9-15(19)6-7-17(12)23-8-2-3-18(22)21-20-16-11-13-4-5-14(16)10-13/h6-7,9,13-14H,2-5,8,10-11H2,1H3,(H,21,22)/b20-16-. The Bertz CT molecular complexity index is 615. The Kier molecular flexibility index (Phi) is 5.21. The number of nitrogens with zero attached hydrogens (tertiary/aromatic N) is 1. The molecule has 5 heteroatoms. The zero-order valence-corrected chi connectivity index (χ0v) is 14.2. The molecule has 0 spiro atoms. The molecule has 2 bridgehead atoms. The number of nitrogens with one attached hydrogen (secondary N) is 1. The van der Waals surface area contributed by atoms with E-state index in [0.29, 0.717) is 30.4 Å². The predicted molar refractivity (Wildman–Crippen MR) is 91.9 cm³/mol. The molecular weight excluding hydrogens is 312 g/mol. The maximum atomic E-state index is 11.8. The summed E-state index contributed by atoms with van der Waals surface area (Å²) >= 11 is 5.91. The van der Waals surface area contributed by atoms with Gasteiger partial charge in [0.2, 0.25) is 5.91 Å². The predicted octanol–water partition coefficient (Wildman–Crippen LogP) is 4.10. The molecule has 0 aliphatic heterocycles. The molecule has 1 amide bonds. The highest BCUT2D eigenvalue weighted by Crippen LogP contribution is 2.42. The average Bonchev–Trinajstić information content (AvgIpc) is 3.14. The summed E-state index contributed by atoms with van der Waals surface area (Å²) in [6, 6.07) is 5.54. The van der Waals surface area contributed by atoms with Crippen molar-refractivity contribution in [3.05, 3.63) is 28.8 Å². The summed E-state index contributed by atoms with van der Waals surface area (Å²) in [5.41, 5.74) is 4.90. The first-order valence-electron chi connectivity index (χ1n) is 8.36. The summed E-state index contributed by atoms with van der Waals surface area (Å²) in [5, 5.41) is 5.03. The van der Waals surface area contributed by atoms with Crippen molar-refractivity contribution in [3.8, 4) is 5.75 Å². The number of hydrogen-bond donors (Lipinski definition) is 1. The minimum atomic E-state index is -0.0308. The number of hydrogen-bond acceptors (Lipinski definition) is 3. The third kappa shape index (κ3) is 4.25. The van der Waals surface area contributed by atoms with Crippen molar-refractivity contribution in [2.75, 3.05) is 6.61 Å². The van der Waals surface area contributed by atoms with E-state index >= 15 is 0 Å². The van der Waals surface area contributed by atoms with Crippen LogP contribution in [0, 0.1) is 18.8 Å². The van der Waals surface area contributed by atoms with Gasteiger partial charge in [-0.15, -0.1) is 0 Å². The fraction of sp³-hybridized carbons (Fsp3) is 0.556. The SMILES string of the molecule is Cc1cc(Cl)ccc1OCCCC(=O)N/N=C1/CC2CCC1C2. The van der Waals surface area contributed by atoms with Crippen molar-refractivity contribution >= 4 is 23.2 Å². The minimum absolute atomic E-state index is 0.0308. The van der Waals surface area contributed by atoms with E-state index in [1.165, 1.54) is 25.0 Å². The summed E-state index contributed by atoms with van der Waals surface area (Å²) < 4.78 is 5.69. The topological polar surface area (TPSA) is 50.7 Å². The van der Waals surface area contributed by atoms with Gasteiger partial charge in [0.05, 0.1) is 6.61 Å². The molecule has 124 valence electrons. The van der Waals surface area contributed by atoms with Gasteiger partial charge in [-0.1, -0.05) is 11.6 Å². The molecular formula is C18H23ClN2O2. The summed E-state index contributed by atoms with van der Waals surface area (Å²) in [6.45, 7) is 2.47. The quantitative estimate of drug-likeness (QED) is 0.629. The van der Waals surface area contributed by atoms with Gasteiger partial charge in [0.1, 0.15) is 5.75 Å². The van der Waals surface area contributed by atoms with Crippen molar-refractivity contribution < 1.29 is 9.53 Å². The Labute approximate surface area is 142 Å². The first kappa shape index (κ1) is 16.3. The Hall–Kier alpha value is -1.55. The van der Waals surface area contributed by atoms with E-state index in [1.54, 1.807) is 0 Å². The largest absolute Gasteiger partial charge is 0.493 e. The third-order valence-electron chi connectivity index (χ3n) is 4.78. The van der Waals surface area contributed by atoms with Crippen LogP contribution in [-0.2, 0) is 4.79 Å². The summed E-state index contributed by atoms with van der Waals surface area (Å²) in [4.78, 5) is 11.8. The van der Waals surface area contributed by atoms with Crippen LogP contribution in [-0.4, -0.2) is 18.2 Å². The van der Waals surface area contributed by atoms with Crippen LogP contribution in [0.2, 0.25) is 5.02 Å². The summed E-state index contributed by atoms with van der Waals surface area (Å²) in [7, 11) is 0. The Morgan fingerprint density at radius 3 is 3.00 bits per heavy atom. The normalized spacial score (nSPS) is 24.2. The molecule has 1 N–H and O–H groups in total. The van der Waals surface area contributed by atoms with Gasteiger partial charge >= 0.3 is 0 Å². The highest BCUT2D eigenvalue weighted by Gasteiger charge is 2.36. The first-order chi connectivity index (χ1) is 11.1. The van der Waals surface area contributed by atoms with Gasteiger partial charge in [0.15, 0.2) is 0 Å². The lowest BCUT2D eigenvalue weighted by Gasteiger charge is -2.12. The zero-order chi connectivity index (χ0) is 16.2. The second-order valence-corrected chi connectivity index (χ2v) is 7.02. The van der Waals surface area contributed by atoms with E-state index in [2.05, 4.69) is 10.5 Å². The van der Waals surface area contributed by atoms with Crippen molar-refractivity contribution in [1.29, 1.82) is 0 Å². The van der Waals surface area contributed by atoms with E-state index in [4.69, 9.17) is 16.3 Å². The molecule has 0 aromatic heterocycles. The van der Waals surface area contributed by atoms with Crippen LogP contribution in [0.3, 0.4) is 0 Å². The zero-order valence-electron chi connectivity index (χ0n) is 13.5. The average molecular weight is 335 g/mol. The monoisotopic (exact) mass is 334 g/mol. The molecule has 1 aromatic rings. The molecule has 2 aliphatic carbocycles. The van der Waals surface area contributed by atoms with Crippen LogP contribution in [0.4, 0.5) is 0 Å². The lowest BCUT2D eigenvalue weighted by Crippen LogP contribution is -2.22. The van der Waals surface area contributed by atoms with Gasteiger partial charge in [-0.05, 0) is 74.6 Å². The smallest absolute Gasteiger partial charge is 0.240 e. The van der Waals surface area contributed by atoms with Crippen molar-refractivity contribution in [1.82, 2.24) is 5.43 Å². The Balaban J connectivity index is 1.36. The van der Waals surface area contributed by atoms with Gasteiger partial charge in [-0.2, -0.15) is 5.10 Å². The highest BCUT2D eigenvalue weighted by molar-refractivity contribution is 6.30. The van der Waals surface area contributed by atoms with Crippen molar-refractivity contribution in [2.45, 2.75) is 45.4 Å². The molecule has 0 saturated heterocycles. The van der Waals surface area contributed by atoms with Crippen LogP contribution in [0.5, 0.6) is 5.75 Å². The van der Waals surface area contributed by atoms with Gasteiger partial charge in [0, 0.05) is 17.2 Å². The fourth-order valence-electron chi connectivity index (χ4n) is 3.54. The van der Waals surface area contributed by atoms with Crippen molar-refractivity contribution in [2.24, 2.45) is 16.9 Å². The number of carbonyl (C=O) groups excluding carboxylic acids is 1. The van der Waals surface area contributed by atoms with Crippen LogP contribution in [0.1, 0.15) is 44.1 Å². The fourth-order valence-corrected chi connectivity index (χ4v) is 3.77. The number of halogens is 1. The maximum absolute atomic E-state index is 11.8. The van der Waals surface area contributed by atoms with E-state index in [9.17, 15) is 4.79 Å². The number of hydrazone groups is 1. The van der Waals surface area contributed by atoms with E-state index in [-0.39, 0.29) is 5.91 Å². The molecule has 2 fully saturated rings. The van der Waals surface area contributed by atoms with E-state index in [1.807, 2.05) is 25.1 Å². The van der Waals surface area contributed by atoms with Crippen molar-refractivity contribution in [3.63, 3.8) is 0 Å². The van der Waals surface area contributed by atoms with Gasteiger partial charge < -0.3 is 4.74 Å². The molecule has 3 rings (SSSR count). The second-order valence-electron chi connectivity index (χ2n) is 6.58. The minimum Gasteiger partial charge on any atom is -0.493 e. The lowest BCUT2D eigenvalue weighted by molar-refractivity contribution is -0.121. The van der Waals surface area contributed by atoms with E-state index < -0.39 is 0 Å². The van der Waals surface area contributed by atoms with Gasteiger partial charge in [-0.25, -0.2) is 5.43 Å². The van der Waals surface area contributed by atoms with Crippen LogP contribution in [0.25, 0.3) is 0 Å². The second kappa shape index (κ2) is 7.35. The molecule has 23 heavy (non-hydrogen) atoms. The summed E-state index contributed by atoms with van der Waals surface area (Å²) in [6.07, 6.45) is 6.02. The molecule has 4 nitrogen and oxygen atoms in total. The number of amides is 1. The molecule has 1 aromatic carbocycles. The molecule has 2 atom stereocenters. The molecule has 2 saturated carbocycles. The number of ether oxygens (including phenoxy) is 1. The maximum Gasteiger partial charge on any atom is 0.240 e. The molecule has 0 radical (unpaired) electrons. The van der Waals surface area contributed by atoms with Crippen LogP contribution < -0.4 is 10.2 Å². The highest BCUT2D eigenvalue weighted by atomic mass is 35.5. The molecule has 2 unspecified atom stereocenters. The van der Waals surface area contributed by atoms with Crippen LogP contribution >= 0.6 is 11.6 Å². The molecule has 2 aliphatic rings. The van der Waals surface area contributed by atoms with E-state index in [0.717, 1.165) is 23.7 Å². The van der Waals surface area contributed by atoms with Gasteiger partial charge in [0.25, 0.3) is 0 Å².